The fourth-order valence-corrected chi connectivity index (χ4v) is 3.16. The summed E-state index contributed by atoms with van der Waals surface area (Å²) >= 11 is 3.50. The summed E-state index contributed by atoms with van der Waals surface area (Å²) in [6.45, 7) is 4.44. The Bertz CT molecular complexity index is 904. The van der Waals surface area contributed by atoms with E-state index in [-0.39, 0.29) is 12.4 Å². The number of carbonyl (C=O) groups excluding carboxylic acids is 1. The van der Waals surface area contributed by atoms with E-state index < -0.39 is 0 Å². The lowest BCUT2D eigenvalue weighted by molar-refractivity contribution is -0.142. The normalized spacial score (nSPS) is 10.8. The Labute approximate surface area is 154 Å². The molecule has 0 N–H and O–H groups in total. The highest BCUT2D eigenvalue weighted by atomic mass is 79.9. The zero-order valence-corrected chi connectivity index (χ0v) is 15.6. The van der Waals surface area contributed by atoms with Crippen LogP contribution in [0.4, 0.5) is 0 Å². The van der Waals surface area contributed by atoms with Gasteiger partial charge in [0.25, 0.3) is 0 Å². The molecule has 0 bridgehead atoms. The zero-order chi connectivity index (χ0) is 17.8. The van der Waals surface area contributed by atoms with Crippen LogP contribution in [0.2, 0.25) is 0 Å². The highest BCUT2D eigenvalue weighted by Gasteiger charge is 2.12. The number of hydrogen-bond acceptors (Lipinski definition) is 5. The topological polar surface area (TPSA) is 61.6 Å². The third-order valence-corrected chi connectivity index (χ3v) is 4.36. The average Bonchev–Trinajstić information content (AvgIpc) is 2.96. The smallest absolute Gasteiger partial charge is 0.310 e. The Balaban J connectivity index is 1.78. The largest absolute Gasteiger partial charge is 0.489 e. The molecule has 0 unspecified atom stereocenters. The number of esters is 1. The van der Waals surface area contributed by atoms with Crippen LogP contribution >= 0.6 is 15.9 Å². The van der Waals surface area contributed by atoms with Crippen LogP contribution < -0.4 is 4.74 Å². The van der Waals surface area contributed by atoms with Gasteiger partial charge in [0.05, 0.1) is 23.2 Å². The summed E-state index contributed by atoms with van der Waals surface area (Å²) in [6.07, 6.45) is 0.192. The molecule has 3 rings (SSSR count). The van der Waals surface area contributed by atoms with Gasteiger partial charge in [-0.2, -0.15) is 0 Å². The van der Waals surface area contributed by atoms with E-state index in [9.17, 15) is 4.79 Å². The summed E-state index contributed by atoms with van der Waals surface area (Å²) in [6, 6.07) is 11.4. The predicted molar refractivity (Wildman–Crippen MR) is 97.6 cm³/mol. The van der Waals surface area contributed by atoms with Crippen LogP contribution in [0.25, 0.3) is 11.0 Å². The van der Waals surface area contributed by atoms with E-state index in [1.807, 2.05) is 43.3 Å². The Morgan fingerprint density at radius 2 is 2.08 bits per heavy atom. The molecule has 0 spiro atoms. The molecule has 0 saturated carbocycles. The minimum Gasteiger partial charge on any atom is -0.489 e. The number of aromatic nitrogens is 1. The molecular formula is C19H18BrNO4. The van der Waals surface area contributed by atoms with E-state index in [1.165, 1.54) is 0 Å². The van der Waals surface area contributed by atoms with Gasteiger partial charge in [-0.3, -0.25) is 4.79 Å². The van der Waals surface area contributed by atoms with E-state index in [1.54, 1.807) is 6.92 Å². The third-order valence-electron chi connectivity index (χ3n) is 3.77. The molecule has 0 aliphatic rings. The number of benzene rings is 2. The van der Waals surface area contributed by atoms with E-state index in [0.717, 1.165) is 32.3 Å². The maximum Gasteiger partial charge on any atom is 0.310 e. The van der Waals surface area contributed by atoms with Crippen molar-refractivity contribution in [1.29, 1.82) is 0 Å². The lowest BCUT2D eigenvalue weighted by atomic mass is 10.1. The summed E-state index contributed by atoms with van der Waals surface area (Å²) in [5.41, 5.74) is 3.35. The van der Waals surface area contributed by atoms with Crippen LogP contribution in [0, 0.1) is 6.92 Å². The molecule has 0 atom stereocenters. The standard InChI is InChI=1S/C19H18BrNO4/c1-3-23-18(22)10-14-6-4-5-7-17(14)24-11-13-8-15-12(2)21-25-19(15)16(20)9-13/h4-9H,3,10-11H2,1-2H3. The van der Waals surface area contributed by atoms with Crippen molar-refractivity contribution >= 4 is 32.9 Å². The number of carbonyl (C=O) groups is 1. The molecule has 0 saturated heterocycles. The van der Waals surface area contributed by atoms with Gasteiger partial charge in [0.1, 0.15) is 12.4 Å². The molecule has 1 aromatic heterocycles. The Kier molecular flexibility index (Phi) is 5.38. The molecule has 0 aliphatic carbocycles. The van der Waals surface area contributed by atoms with Crippen LogP contribution in [-0.2, 0) is 22.6 Å². The van der Waals surface area contributed by atoms with Gasteiger partial charge in [0, 0.05) is 10.9 Å². The summed E-state index contributed by atoms with van der Waals surface area (Å²) in [7, 11) is 0. The summed E-state index contributed by atoms with van der Waals surface area (Å²) in [4.78, 5) is 11.7. The van der Waals surface area contributed by atoms with Gasteiger partial charge in [0.15, 0.2) is 5.58 Å². The highest BCUT2D eigenvalue weighted by Crippen LogP contribution is 2.29. The van der Waals surface area contributed by atoms with Gasteiger partial charge in [-0.15, -0.1) is 0 Å². The maximum absolute atomic E-state index is 11.7. The lowest BCUT2D eigenvalue weighted by Crippen LogP contribution is -2.09. The first kappa shape index (κ1) is 17.5. The summed E-state index contributed by atoms with van der Waals surface area (Å²) in [5, 5.41) is 4.93. The maximum atomic E-state index is 11.7. The summed E-state index contributed by atoms with van der Waals surface area (Å²) < 4.78 is 17.1. The number of hydrogen-bond donors (Lipinski definition) is 0. The predicted octanol–water partition coefficient (Wildman–Crippen LogP) is 4.58. The van der Waals surface area contributed by atoms with Crippen molar-refractivity contribution in [3.8, 4) is 5.75 Å². The van der Waals surface area contributed by atoms with E-state index in [0.29, 0.717) is 19.0 Å². The number of nitrogens with zero attached hydrogens (tertiary/aromatic N) is 1. The zero-order valence-electron chi connectivity index (χ0n) is 14.0. The molecular weight excluding hydrogens is 386 g/mol. The van der Waals surface area contributed by atoms with Crippen LogP contribution in [0.5, 0.6) is 5.75 Å². The summed E-state index contributed by atoms with van der Waals surface area (Å²) in [5.74, 6) is 0.414. The Morgan fingerprint density at radius 1 is 1.28 bits per heavy atom. The van der Waals surface area contributed by atoms with E-state index in [4.69, 9.17) is 14.0 Å². The van der Waals surface area contributed by atoms with E-state index >= 15 is 0 Å². The molecule has 3 aromatic rings. The number of para-hydroxylation sites is 1. The van der Waals surface area contributed by atoms with Gasteiger partial charge in [-0.1, -0.05) is 23.4 Å². The van der Waals surface area contributed by atoms with Crippen LogP contribution in [0.3, 0.4) is 0 Å². The second-order valence-electron chi connectivity index (χ2n) is 5.60. The van der Waals surface area contributed by atoms with Crippen LogP contribution in [0.15, 0.2) is 45.4 Å². The molecule has 0 amide bonds. The van der Waals surface area contributed by atoms with Gasteiger partial charge in [-0.25, -0.2) is 0 Å². The number of fused-ring (bicyclic) bond motifs is 1. The monoisotopic (exact) mass is 403 g/mol. The number of ether oxygens (including phenoxy) is 2. The number of aryl methyl sites for hydroxylation is 1. The second kappa shape index (κ2) is 7.70. The first-order valence-corrected chi connectivity index (χ1v) is 8.78. The quantitative estimate of drug-likeness (QED) is 0.563. The molecule has 0 radical (unpaired) electrons. The molecule has 1 heterocycles. The van der Waals surface area contributed by atoms with Crippen molar-refractivity contribution in [2.45, 2.75) is 26.9 Å². The van der Waals surface area contributed by atoms with E-state index in [2.05, 4.69) is 21.1 Å². The average molecular weight is 404 g/mol. The molecule has 0 aliphatic heterocycles. The van der Waals surface area contributed by atoms with Gasteiger partial charge < -0.3 is 14.0 Å². The lowest BCUT2D eigenvalue weighted by Gasteiger charge is -2.11. The first-order valence-electron chi connectivity index (χ1n) is 7.99. The van der Waals surface area contributed by atoms with Crippen molar-refractivity contribution in [3.05, 3.63) is 57.7 Å². The molecule has 2 aromatic carbocycles. The number of halogens is 1. The molecule has 25 heavy (non-hydrogen) atoms. The van der Waals surface area contributed by atoms with Gasteiger partial charge in [0.2, 0.25) is 0 Å². The van der Waals surface area contributed by atoms with Crippen molar-refractivity contribution in [2.75, 3.05) is 6.61 Å². The molecule has 6 heteroatoms. The van der Waals surface area contributed by atoms with Gasteiger partial charge in [-0.05, 0) is 53.5 Å². The van der Waals surface area contributed by atoms with Gasteiger partial charge >= 0.3 is 5.97 Å². The second-order valence-corrected chi connectivity index (χ2v) is 6.45. The SMILES string of the molecule is CCOC(=O)Cc1ccccc1OCc1cc(Br)c2onc(C)c2c1. The molecule has 0 fully saturated rings. The highest BCUT2D eigenvalue weighted by molar-refractivity contribution is 9.10. The van der Waals surface area contributed by atoms with Crippen molar-refractivity contribution < 1.29 is 18.8 Å². The fourth-order valence-electron chi connectivity index (χ4n) is 2.58. The fraction of sp³-hybridized carbons (Fsp3) is 0.263. The van der Waals surface area contributed by atoms with Crippen LogP contribution in [0.1, 0.15) is 23.7 Å². The minimum atomic E-state index is -0.261. The minimum absolute atomic E-state index is 0.192. The van der Waals surface area contributed by atoms with Crippen molar-refractivity contribution in [2.24, 2.45) is 0 Å². The third kappa shape index (κ3) is 4.02. The molecule has 5 nitrogen and oxygen atoms in total. The van der Waals surface area contributed by atoms with Crippen molar-refractivity contribution in [1.82, 2.24) is 5.16 Å². The Morgan fingerprint density at radius 3 is 2.88 bits per heavy atom. The van der Waals surface area contributed by atoms with Crippen molar-refractivity contribution in [3.63, 3.8) is 0 Å². The first-order chi connectivity index (χ1) is 12.1. The number of rotatable bonds is 6. The van der Waals surface area contributed by atoms with Crippen LogP contribution in [-0.4, -0.2) is 17.7 Å². The Hall–Kier alpha value is -2.34. The molecule has 130 valence electrons.